The molecule has 0 bridgehead atoms. The van der Waals surface area contributed by atoms with E-state index in [0.29, 0.717) is 12.5 Å². The number of hydrogen-bond donors (Lipinski definition) is 1. The van der Waals surface area contributed by atoms with E-state index in [1.54, 1.807) is 0 Å². The summed E-state index contributed by atoms with van der Waals surface area (Å²) >= 11 is 0. The lowest BCUT2D eigenvalue weighted by Gasteiger charge is -2.33. The van der Waals surface area contributed by atoms with Gasteiger partial charge in [0.15, 0.2) is 0 Å². The predicted molar refractivity (Wildman–Crippen MR) is 90.0 cm³/mol. The van der Waals surface area contributed by atoms with Crippen molar-refractivity contribution < 1.29 is 14.3 Å². The quantitative estimate of drug-likeness (QED) is 0.816. The first-order valence-corrected chi connectivity index (χ1v) is 9.23. The first-order valence-electron chi connectivity index (χ1n) is 9.23. The molecule has 0 aromatic rings. The summed E-state index contributed by atoms with van der Waals surface area (Å²) in [7, 11) is 0. The van der Waals surface area contributed by atoms with Crippen molar-refractivity contribution in [1.29, 1.82) is 0 Å². The molecule has 1 aliphatic heterocycles. The molecule has 5 nitrogen and oxygen atoms in total. The van der Waals surface area contributed by atoms with Gasteiger partial charge in [-0.3, -0.25) is 9.59 Å². The maximum Gasteiger partial charge on any atom is 0.248 e. The standard InChI is InChI=1S/C18H32N2O3/c1-14(2)18(22)19-11-15-7-6-10-20(12-15)17(21)13-23-16-8-4-3-5-9-16/h14-16H,3-13H2,1-2H3,(H,19,22)/t15-/m0/s1. The number of carbonyl (C=O) groups excluding carboxylic acids is 2. The van der Waals surface area contributed by atoms with Crippen molar-refractivity contribution in [2.45, 2.75) is 64.9 Å². The Morgan fingerprint density at radius 1 is 1.13 bits per heavy atom. The predicted octanol–water partition coefficient (Wildman–Crippen LogP) is 2.35. The molecule has 1 aliphatic carbocycles. The normalized spacial score (nSPS) is 23.1. The lowest BCUT2D eigenvalue weighted by molar-refractivity contribution is -0.140. The fourth-order valence-corrected chi connectivity index (χ4v) is 3.42. The van der Waals surface area contributed by atoms with Crippen LogP contribution in [-0.2, 0) is 14.3 Å². The number of ether oxygens (including phenoxy) is 1. The molecule has 0 aromatic carbocycles. The molecule has 1 saturated carbocycles. The summed E-state index contributed by atoms with van der Waals surface area (Å²) in [6.07, 6.45) is 8.29. The minimum Gasteiger partial charge on any atom is -0.368 e. The molecular formula is C18H32N2O3. The summed E-state index contributed by atoms with van der Waals surface area (Å²) in [5.74, 6) is 0.579. The average Bonchev–Trinajstić information content (AvgIpc) is 2.58. The van der Waals surface area contributed by atoms with Crippen molar-refractivity contribution in [2.24, 2.45) is 11.8 Å². The molecular weight excluding hydrogens is 292 g/mol. The van der Waals surface area contributed by atoms with Crippen LogP contribution >= 0.6 is 0 Å². The maximum atomic E-state index is 12.3. The van der Waals surface area contributed by atoms with E-state index in [0.717, 1.165) is 38.8 Å². The largest absolute Gasteiger partial charge is 0.368 e. The number of piperidine rings is 1. The highest BCUT2D eigenvalue weighted by Crippen LogP contribution is 2.21. The van der Waals surface area contributed by atoms with E-state index in [1.165, 1.54) is 19.3 Å². The number of rotatable bonds is 6. The number of amides is 2. The van der Waals surface area contributed by atoms with Gasteiger partial charge in [-0.15, -0.1) is 0 Å². The van der Waals surface area contributed by atoms with Crippen LogP contribution in [0.1, 0.15) is 58.8 Å². The number of likely N-dealkylation sites (tertiary alicyclic amines) is 1. The van der Waals surface area contributed by atoms with Crippen LogP contribution < -0.4 is 5.32 Å². The summed E-state index contributed by atoms with van der Waals surface area (Å²) in [5.41, 5.74) is 0. The number of nitrogens with zero attached hydrogens (tertiary/aromatic N) is 1. The van der Waals surface area contributed by atoms with Gasteiger partial charge in [-0.2, -0.15) is 0 Å². The van der Waals surface area contributed by atoms with Crippen LogP contribution in [0.4, 0.5) is 0 Å². The van der Waals surface area contributed by atoms with E-state index in [9.17, 15) is 9.59 Å². The molecule has 23 heavy (non-hydrogen) atoms. The van der Waals surface area contributed by atoms with Gasteiger partial charge in [-0.1, -0.05) is 33.1 Å². The van der Waals surface area contributed by atoms with Gasteiger partial charge >= 0.3 is 0 Å². The number of carbonyl (C=O) groups is 2. The van der Waals surface area contributed by atoms with Crippen LogP contribution in [0.3, 0.4) is 0 Å². The summed E-state index contributed by atoms with van der Waals surface area (Å²) < 4.78 is 5.80. The van der Waals surface area contributed by atoms with Crippen LogP contribution in [-0.4, -0.2) is 49.1 Å². The van der Waals surface area contributed by atoms with Crippen LogP contribution in [0, 0.1) is 11.8 Å². The Kier molecular flexibility index (Phi) is 7.34. The van der Waals surface area contributed by atoms with Gasteiger partial charge in [0.1, 0.15) is 6.61 Å². The van der Waals surface area contributed by atoms with Crippen molar-refractivity contribution in [1.82, 2.24) is 10.2 Å². The van der Waals surface area contributed by atoms with Gasteiger partial charge in [0.2, 0.25) is 11.8 Å². The van der Waals surface area contributed by atoms with Crippen molar-refractivity contribution in [3.05, 3.63) is 0 Å². The summed E-state index contributed by atoms with van der Waals surface area (Å²) in [4.78, 5) is 25.9. The summed E-state index contributed by atoms with van der Waals surface area (Å²) in [5, 5.41) is 2.99. The second-order valence-electron chi connectivity index (χ2n) is 7.32. The topological polar surface area (TPSA) is 58.6 Å². The van der Waals surface area contributed by atoms with Gasteiger partial charge in [0, 0.05) is 25.6 Å². The first-order chi connectivity index (χ1) is 11.1. The Balaban J connectivity index is 1.69. The highest BCUT2D eigenvalue weighted by molar-refractivity contribution is 5.78. The van der Waals surface area contributed by atoms with Gasteiger partial charge in [-0.05, 0) is 31.6 Å². The lowest BCUT2D eigenvalue weighted by atomic mass is 9.97. The van der Waals surface area contributed by atoms with Crippen molar-refractivity contribution in [2.75, 3.05) is 26.2 Å². The van der Waals surface area contributed by atoms with Crippen molar-refractivity contribution in [3.63, 3.8) is 0 Å². The molecule has 0 spiro atoms. The fraction of sp³-hybridized carbons (Fsp3) is 0.889. The zero-order chi connectivity index (χ0) is 16.7. The lowest BCUT2D eigenvalue weighted by Crippen LogP contribution is -2.45. The molecule has 1 heterocycles. The Labute approximate surface area is 140 Å². The van der Waals surface area contributed by atoms with E-state index in [1.807, 2.05) is 18.7 Å². The zero-order valence-corrected chi connectivity index (χ0v) is 14.7. The van der Waals surface area contributed by atoms with Crippen LogP contribution in [0.15, 0.2) is 0 Å². The fourth-order valence-electron chi connectivity index (χ4n) is 3.42. The first kappa shape index (κ1) is 18.2. The Morgan fingerprint density at radius 2 is 1.87 bits per heavy atom. The van der Waals surface area contributed by atoms with Crippen molar-refractivity contribution in [3.8, 4) is 0 Å². The van der Waals surface area contributed by atoms with E-state index < -0.39 is 0 Å². The maximum absolute atomic E-state index is 12.3. The molecule has 5 heteroatoms. The van der Waals surface area contributed by atoms with E-state index in [-0.39, 0.29) is 30.4 Å². The smallest absolute Gasteiger partial charge is 0.248 e. The number of nitrogens with one attached hydrogen (secondary N) is 1. The van der Waals surface area contributed by atoms with Gasteiger partial charge in [0.05, 0.1) is 6.10 Å². The third kappa shape index (κ3) is 6.13. The Bertz CT molecular complexity index is 392. The highest BCUT2D eigenvalue weighted by Gasteiger charge is 2.25. The minimum atomic E-state index is 0.0141. The zero-order valence-electron chi connectivity index (χ0n) is 14.7. The molecule has 0 aromatic heterocycles. The SMILES string of the molecule is CC(C)C(=O)NC[C@@H]1CCCN(C(=O)COC2CCCCC2)C1. The van der Waals surface area contributed by atoms with E-state index in [2.05, 4.69) is 5.32 Å². The second kappa shape index (κ2) is 9.26. The van der Waals surface area contributed by atoms with Gasteiger partial charge in [-0.25, -0.2) is 0 Å². The molecule has 2 fully saturated rings. The molecule has 2 aliphatic rings. The Morgan fingerprint density at radius 3 is 2.57 bits per heavy atom. The van der Waals surface area contributed by atoms with Crippen LogP contribution in [0.25, 0.3) is 0 Å². The van der Waals surface area contributed by atoms with E-state index in [4.69, 9.17) is 4.74 Å². The Hall–Kier alpha value is -1.10. The summed E-state index contributed by atoms with van der Waals surface area (Å²) in [6.45, 7) is 6.25. The second-order valence-corrected chi connectivity index (χ2v) is 7.32. The van der Waals surface area contributed by atoms with Gasteiger partial charge in [0.25, 0.3) is 0 Å². The average molecular weight is 324 g/mol. The molecule has 2 rings (SSSR count). The third-order valence-corrected chi connectivity index (χ3v) is 4.96. The molecule has 0 unspecified atom stereocenters. The molecule has 1 atom stereocenters. The molecule has 2 amide bonds. The van der Waals surface area contributed by atoms with Crippen molar-refractivity contribution >= 4 is 11.8 Å². The van der Waals surface area contributed by atoms with Gasteiger partial charge < -0.3 is 15.0 Å². The number of hydrogen-bond acceptors (Lipinski definition) is 3. The molecule has 132 valence electrons. The molecule has 0 radical (unpaired) electrons. The highest BCUT2D eigenvalue weighted by atomic mass is 16.5. The van der Waals surface area contributed by atoms with E-state index >= 15 is 0 Å². The molecule has 1 N–H and O–H groups in total. The minimum absolute atomic E-state index is 0.0141. The monoisotopic (exact) mass is 324 g/mol. The van der Waals surface area contributed by atoms with Crippen LogP contribution in [0.2, 0.25) is 0 Å². The summed E-state index contributed by atoms with van der Waals surface area (Å²) in [6, 6.07) is 0. The third-order valence-electron chi connectivity index (χ3n) is 4.96. The van der Waals surface area contributed by atoms with Crippen LogP contribution in [0.5, 0.6) is 0 Å². The molecule has 1 saturated heterocycles.